The lowest BCUT2D eigenvalue weighted by Gasteiger charge is -2.56. The topological polar surface area (TPSA) is 49.6 Å². The van der Waals surface area contributed by atoms with Crippen LogP contribution in [-0.4, -0.2) is 9.97 Å². The molecular formula is C43H27N3. The van der Waals surface area contributed by atoms with Crippen molar-refractivity contribution in [3.05, 3.63) is 214 Å². The first-order valence-electron chi connectivity index (χ1n) is 15.6. The van der Waals surface area contributed by atoms with Gasteiger partial charge in [0.25, 0.3) is 0 Å². The standard InChI is InChI=1S/C43H27N3/c44-28-32-39(29-16-4-1-5-17-29)45-41(46-40(32)30-18-6-2-7-19-30)43-36-25-13-10-22-33(36)42(31-20-8-3-9-21-31,34-23-11-14-26-37(34)43)35-24-12-15-27-38(35)43/h1-27H. The quantitative estimate of drug-likeness (QED) is 0.207. The average molecular weight is 586 g/mol. The number of benzene rings is 6. The Morgan fingerprint density at radius 1 is 0.391 bits per heavy atom. The van der Waals surface area contributed by atoms with Crippen molar-refractivity contribution in [1.29, 1.82) is 5.26 Å². The second-order valence-electron chi connectivity index (χ2n) is 12.0. The van der Waals surface area contributed by atoms with E-state index in [0.717, 1.165) is 11.1 Å². The Labute approximate surface area is 268 Å². The molecule has 3 aliphatic rings. The van der Waals surface area contributed by atoms with Crippen LogP contribution in [0.2, 0.25) is 0 Å². The maximum Gasteiger partial charge on any atom is 0.149 e. The summed E-state index contributed by atoms with van der Waals surface area (Å²) in [5.41, 5.74) is 10.6. The summed E-state index contributed by atoms with van der Waals surface area (Å²) in [6.45, 7) is 0. The minimum atomic E-state index is -0.818. The molecule has 214 valence electrons. The van der Waals surface area contributed by atoms with E-state index in [1.165, 1.54) is 38.9 Å². The molecule has 0 radical (unpaired) electrons. The maximum absolute atomic E-state index is 10.7. The fourth-order valence-corrected chi connectivity index (χ4v) is 8.14. The zero-order chi connectivity index (χ0) is 30.7. The van der Waals surface area contributed by atoms with Crippen LogP contribution in [0.4, 0.5) is 0 Å². The molecule has 0 aliphatic heterocycles. The third-order valence-corrected chi connectivity index (χ3v) is 9.86. The highest BCUT2D eigenvalue weighted by atomic mass is 14.9. The van der Waals surface area contributed by atoms with E-state index in [1.54, 1.807) is 0 Å². The molecular weight excluding hydrogens is 558 g/mol. The van der Waals surface area contributed by atoms with Crippen molar-refractivity contribution in [2.75, 3.05) is 0 Å². The van der Waals surface area contributed by atoms with Crippen molar-refractivity contribution >= 4 is 0 Å². The molecule has 6 aromatic carbocycles. The largest absolute Gasteiger partial charge is 0.230 e. The highest BCUT2D eigenvalue weighted by Gasteiger charge is 2.61. The van der Waals surface area contributed by atoms with Crippen LogP contribution in [0, 0.1) is 11.3 Å². The second kappa shape index (κ2) is 9.95. The lowest BCUT2D eigenvalue weighted by molar-refractivity contribution is 0.536. The van der Waals surface area contributed by atoms with E-state index in [9.17, 15) is 5.26 Å². The van der Waals surface area contributed by atoms with Gasteiger partial charge in [0, 0.05) is 11.1 Å². The lowest BCUT2D eigenvalue weighted by atomic mass is 9.45. The number of rotatable bonds is 4. The fraction of sp³-hybridized carbons (Fsp3) is 0.0465. The molecule has 0 unspecified atom stereocenters. The molecule has 0 fully saturated rings. The van der Waals surface area contributed by atoms with Gasteiger partial charge in [-0.1, -0.05) is 164 Å². The summed E-state index contributed by atoms with van der Waals surface area (Å²) in [5.74, 6) is 0.665. The van der Waals surface area contributed by atoms with Crippen LogP contribution in [0.5, 0.6) is 0 Å². The normalized spacial score (nSPS) is 18.6. The zero-order valence-corrected chi connectivity index (χ0v) is 24.9. The first-order chi connectivity index (χ1) is 22.8. The highest BCUT2D eigenvalue weighted by Crippen LogP contribution is 2.65. The Morgan fingerprint density at radius 2 is 0.717 bits per heavy atom. The van der Waals surface area contributed by atoms with Crippen LogP contribution in [0.25, 0.3) is 22.5 Å². The van der Waals surface area contributed by atoms with E-state index >= 15 is 0 Å². The molecule has 3 nitrogen and oxygen atoms in total. The Hall–Kier alpha value is -6.11. The van der Waals surface area contributed by atoms with Gasteiger partial charge < -0.3 is 0 Å². The van der Waals surface area contributed by atoms with Crippen LogP contribution in [0.15, 0.2) is 164 Å². The first-order valence-corrected chi connectivity index (χ1v) is 15.6. The van der Waals surface area contributed by atoms with Gasteiger partial charge in [-0.3, -0.25) is 0 Å². The molecule has 1 heterocycles. The second-order valence-corrected chi connectivity index (χ2v) is 12.0. The minimum absolute atomic E-state index is 0.470. The van der Waals surface area contributed by atoms with Gasteiger partial charge >= 0.3 is 0 Å². The first kappa shape index (κ1) is 26.3. The maximum atomic E-state index is 10.7. The Bertz CT molecular complexity index is 2140. The van der Waals surface area contributed by atoms with Crippen molar-refractivity contribution < 1.29 is 0 Å². The molecule has 2 bridgehead atoms. The molecule has 0 N–H and O–H groups in total. The average Bonchev–Trinajstić information content (AvgIpc) is 3.15. The van der Waals surface area contributed by atoms with Gasteiger partial charge in [0.2, 0.25) is 0 Å². The molecule has 46 heavy (non-hydrogen) atoms. The van der Waals surface area contributed by atoms with E-state index in [-0.39, 0.29) is 0 Å². The van der Waals surface area contributed by atoms with E-state index in [1.807, 2.05) is 60.7 Å². The summed E-state index contributed by atoms with van der Waals surface area (Å²) in [6.07, 6.45) is 0. The van der Waals surface area contributed by atoms with Gasteiger partial charge in [0.05, 0.1) is 16.8 Å². The minimum Gasteiger partial charge on any atom is -0.230 e. The van der Waals surface area contributed by atoms with Crippen LogP contribution in [0.1, 0.15) is 50.3 Å². The van der Waals surface area contributed by atoms with Crippen LogP contribution < -0.4 is 0 Å². The van der Waals surface area contributed by atoms with Crippen LogP contribution >= 0.6 is 0 Å². The fourth-order valence-electron chi connectivity index (χ4n) is 8.14. The molecule has 3 aliphatic carbocycles. The van der Waals surface area contributed by atoms with Crippen molar-refractivity contribution in [3.63, 3.8) is 0 Å². The summed E-state index contributed by atoms with van der Waals surface area (Å²) < 4.78 is 0. The van der Waals surface area contributed by atoms with Crippen molar-refractivity contribution in [2.45, 2.75) is 10.8 Å². The van der Waals surface area contributed by atoms with E-state index < -0.39 is 10.8 Å². The van der Waals surface area contributed by atoms with Gasteiger partial charge in [0.15, 0.2) is 0 Å². The van der Waals surface area contributed by atoms with Crippen LogP contribution in [-0.2, 0) is 10.8 Å². The summed E-state index contributed by atoms with van der Waals surface area (Å²) in [4.78, 5) is 10.9. The van der Waals surface area contributed by atoms with Gasteiger partial charge in [-0.2, -0.15) is 5.26 Å². The molecule has 0 amide bonds. The monoisotopic (exact) mass is 585 g/mol. The summed E-state index contributed by atoms with van der Waals surface area (Å²) in [6, 6.07) is 59.8. The molecule has 0 spiro atoms. The number of nitriles is 1. The number of nitrogens with zero attached hydrogens (tertiary/aromatic N) is 3. The zero-order valence-electron chi connectivity index (χ0n) is 24.9. The number of aromatic nitrogens is 2. The Morgan fingerprint density at radius 3 is 1.09 bits per heavy atom. The van der Waals surface area contributed by atoms with E-state index in [2.05, 4.69) is 109 Å². The lowest BCUT2D eigenvalue weighted by Crippen LogP contribution is -2.52. The van der Waals surface area contributed by atoms with E-state index in [4.69, 9.17) is 9.97 Å². The third-order valence-electron chi connectivity index (χ3n) is 9.86. The number of hydrogen-bond donors (Lipinski definition) is 0. The third kappa shape index (κ3) is 3.31. The van der Waals surface area contributed by atoms with Crippen molar-refractivity contribution in [3.8, 4) is 28.6 Å². The molecule has 7 aromatic rings. The molecule has 0 saturated heterocycles. The van der Waals surface area contributed by atoms with Crippen LogP contribution in [0.3, 0.4) is 0 Å². The van der Waals surface area contributed by atoms with Gasteiger partial charge in [-0.05, 0) is 38.9 Å². The smallest absolute Gasteiger partial charge is 0.149 e. The predicted molar refractivity (Wildman–Crippen MR) is 181 cm³/mol. The molecule has 0 atom stereocenters. The Kier molecular flexibility index (Phi) is 5.69. The van der Waals surface area contributed by atoms with Crippen molar-refractivity contribution in [2.24, 2.45) is 0 Å². The highest BCUT2D eigenvalue weighted by molar-refractivity contribution is 5.83. The SMILES string of the molecule is N#Cc1c(-c2ccccc2)nc(C23c4ccccc4C(c4ccccc4)(c4ccccc42)c2ccccc23)nc1-c1ccccc1. The van der Waals surface area contributed by atoms with Gasteiger partial charge in [0.1, 0.15) is 22.9 Å². The summed E-state index contributed by atoms with van der Waals surface area (Å²) >= 11 is 0. The van der Waals surface area contributed by atoms with Gasteiger partial charge in [-0.25, -0.2) is 9.97 Å². The molecule has 0 saturated carbocycles. The summed E-state index contributed by atoms with van der Waals surface area (Å²) in [7, 11) is 0. The molecule has 1 aromatic heterocycles. The Balaban J connectivity index is 1.49. The van der Waals surface area contributed by atoms with E-state index in [0.29, 0.717) is 22.8 Å². The van der Waals surface area contributed by atoms with Crippen molar-refractivity contribution in [1.82, 2.24) is 9.97 Å². The predicted octanol–water partition coefficient (Wildman–Crippen LogP) is 9.07. The molecule has 10 rings (SSSR count). The summed E-state index contributed by atoms with van der Waals surface area (Å²) in [5, 5.41) is 10.7. The molecule has 3 heteroatoms. The number of hydrogen-bond acceptors (Lipinski definition) is 3. The van der Waals surface area contributed by atoms with Gasteiger partial charge in [-0.15, -0.1) is 0 Å².